The van der Waals surface area contributed by atoms with E-state index in [4.69, 9.17) is 0 Å². The standard InChI is InChI=1S/C16H26N4O/c1-12-8-13(2)11-19(10-12)16(21)9-17-14-4-3-7-20-15(14)5-6-18-20/h5-6,12-14,17H,3-4,7-11H2,1-2H3. The van der Waals surface area contributed by atoms with E-state index < -0.39 is 0 Å². The Morgan fingerprint density at radius 2 is 2.14 bits per heavy atom. The van der Waals surface area contributed by atoms with Gasteiger partial charge in [-0.2, -0.15) is 5.10 Å². The number of nitrogens with zero attached hydrogens (tertiary/aromatic N) is 3. The predicted molar refractivity (Wildman–Crippen MR) is 81.7 cm³/mol. The Labute approximate surface area is 126 Å². The van der Waals surface area contributed by atoms with Crippen LogP contribution in [-0.2, 0) is 11.3 Å². The van der Waals surface area contributed by atoms with E-state index in [1.54, 1.807) is 0 Å². The molecule has 3 rings (SSSR count). The van der Waals surface area contributed by atoms with E-state index in [0.717, 1.165) is 32.5 Å². The van der Waals surface area contributed by atoms with Crippen LogP contribution in [0.5, 0.6) is 0 Å². The molecule has 1 N–H and O–H groups in total. The Balaban J connectivity index is 1.55. The maximum absolute atomic E-state index is 12.4. The van der Waals surface area contributed by atoms with Gasteiger partial charge in [-0.25, -0.2) is 0 Å². The molecule has 0 aromatic carbocycles. The first-order chi connectivity index (χ1) is 10.1. The number of aromatic nitrogens is 2. The van der Waals surface area contributed by atoms with Gasteiger partial charge in [0.2, 0.25) is 5.91 Å². The second kappa shape index (κ2) is 6.18. The summed E-state index contributed by atoms with van der Waals surface area (Å²) in [6.45, 7) is 7.73. The maximum atomic E-state index is 12.4. The molecule has 2 aliphatic rings. The Kier molecular flexibility index (Phi) is 4.29. The fourth-order valence-electron chi connectivity index (χ4n) is 3.81. The van der Waals surface area contributed by atoms with Gasteiger partial charge in [0.25, 0.3) is 0 Å². The third kappa shape index (κ3) is 3.28. The SMILES string of the molecule is CC1CC(C)CN(C(=O)CNC2CCCn3nccc32)C1. The van der Waals surface area contributed by atoms with E-state index in [2.05, 4.69) is 35.0 Å². The van der Waals surface area contributed by atoms with Crippen LogP contribution >= 0.6 is 0 Å². The Bertz CT molecular complexity index is 488. The number of nitrogens with one attached hydrogen (secondary N) is 1. The van der Waals surface area contributed by atoms with Crippen molar-refractivity contribution in [2.24, 2.45) is 11.8 Å². The average Bonchev–Trinajstić information content (AvgIpc) is 2.92. The number of aryl methyl sites for hydroxylation is 1. The van der Waals surface area contributed by atoms with Crippen LogP contribution in [0.4, 0.5) is 0 Å². The third-order valence-electron chi connectivity index (χ3n) is 4.69. The summed E-state index contributed by atoms with van der Waals surface area (Å²) in [5.41, 5.74) is 1.22. The summed E-state index contributed by atoms with van der Waals surface area (Å²) in [6.07, 6.45) is 5.30. The molecular formula is C16H26N4O. The molecule has 5 nitrogen and oxygen atoms in total. The van der Waals surface area contributed by atoms with E-state index in [-0.39, 0.29) is 11.9 Å². The highest BCUT2D eigenvalue weighted by Crippen LogP contribution is 2.24. The summed E-state index contributed by atoms with van der Waals surface area (Å²) in [4.78, 5) is 14.5. The number of hydrogen-bond donors (Lipinski definition) is 1. The normalized spacial score (nSPS) is 29.2. The van der Waals surface area contributed by atoms with Crippen molar-refractivity contribution in [2.45, 2.75) is 45.7 Å². The van der Waals surface area contributed by atoms with Gasteiger partial charge in [-0.05, 0) is 37.2 Å². The molecule has 1 saturated heterocycles. The number of likely N-dealkylation sites (tertiary alicyclic amines) is 1. The number of hydrogen-bond acceptors (Lipinski definition) is 3. The summed E-state index contributed by atoms with van der Waals surface area (Å²) in [5, 5.41) is 7.76. The predicted octanol–water partition coefficient (Wildman–Crippen LogP) is 1.81. The minimum absolute atomic E-state index is 0.241. The van der Waals surface area contributed by atoms with Crippen LogP contribution in [-0.4, -0.2) is 40.2 Å². The summed E-state index contributed by atoms with van der Waals surface area (Å²) in [7, 11) is 0. The second-order valence-electron chi connectivity index (χ2n) is 6.80. The molecule has 0 spiro atoms. The largest absolute Gasteiger partial charge is 0.341 e. The average molecular weight is 290 g/mol. The maximum Gasteiger partial charge on any atom is 0.236 e. The number of carbonyl (C=O) groups excluding carboxylic acids is 1. The zero-order valence-electron chi connectivity index (χ0n) is 13.1. The van der Waals surface area contributed by atoms with Crippen molar-refractivity contribution in [1.82, 2.24) is 20.0 Å². The lowest BCUT2D eigenvalue weighted by molar-refractivity contribution is -0.133. The highest BCUT2D eigenvalue weighted by molar-refractivity contribution is 5.78. The molecule has 0 bridgehead atoms. The summed E-state index contributed by atoms with van der Waals surface area (Å²) in [5.74, 6) is 1.48. The molecule has 3 atom stereocenters. The van der Waals surface area contributed by atoms with Gasteiger partial charge in [-0.3, -0.25) is 9.48 Å². The zero-order valence-corrected chi connectivity index (χ0v) is 13.1. The number of carbonyl (C=O) groups is 1. The molecular weight excluding hydrogens is 264 g/mol. The molecule has 1 aromatic rings. The number of piperidine rings is 1. The molecule has 21 heavy (non-hydrogen) atoms. The molecule has 1 fully saturated rings. The molecule has 0 saturated carbocycles. The highest BCUT2D eigenvalue weighted by Gasteiger charge is 2.26. The van der Waals surface area contributed by atoms with Crippen molar-refractivity contribution < 1.29 is 4.79 Å². The molecule has 3 heterocycles. The lowest BCUT2D eigenvalue weighted by atomic mass is 9.92. The third-order valence-corrected chi connectivity index (χ3v) is 4.69. The molecule has 116 valence electrons. The fraction of sp³-hybridized carbons (Fsp3) is 0.750. The van der Waals surface area contributed by atoms with Crippen molar-refractivity contribution in [3.63, 3.8) is 0 Å². The Hall–Kier alpha value is -1.36. The minimum atomic E-state index is 0.241. The van der Waals surface area contributed by atoms with E-state index in [0.29, 0.717) is 18.4 Å². The van der Waals surface area contributed by atoms with Crippen LogP contribution in [0.15, 0.2) is 12.3 Å². The Morgan fingerprint density at radius 1 is 1.38 bits per heavy atom. The number of fused-ring (bicyclic) bond motifs is 1. The first-order valence-corrected chi connectivity index (χ1v) is 8.16. The van der Waals surface area contributed by atoms with Crippen LogP contribution < -0.4 is 5.32 Å². The van der Waals surface area contributed by atoms with Gasteiger partial charge in [0.05, 0.1) is 12.2 Å². The smallest absolute Gasteiger partial charge is 0.236 e. The number of amides is 1. The molecule has 3 unspecified atom stereocenters. The number of rotatable bonds is 3. The van der Waals surface area contributed by atoms with Crippen LogP contribution in [0.2, 0.25) is 0 Å². The monoisotopic (exact) mass is 290 g/mol. The zero-order chi connectivity index (χ0) is 14.8. The summed E-state index contributed by atoms with van der Waals surface area (Å²) in [6, 6.07) is 2.33. The van der Waals surface area contributed by atoms with Crippen molar-refractivity contribution in [2.75, 3.05) is 19.6 Å². The van der Waals surface area contributed by atoms with Crippen molar-refractivity contribution in [3.05, 3.63) is 18.0 Å². The lowest BCUT2D eigenvalue weighted by Gasteiger charge is -2.35. The topological polar surface area (TPSA) is 50.2 Å². The lowest BCUT2D eigenvalue weighted by Crippen LogP contribution is -2.46. The van der Waals surface area contributed by atoms with Gasteiger partial charge in [0, 0.05) is 31.9 Å². The fourth-order valence-corrected chi connectivity index (χ4v) is 3.81. The molecule has 2 aliphatic heterocycles. The van der Waals surface area contributed by atoms with Gasteiger partial charge >= 0.3 is 0 Å². The summed E-state index contributed by atoms with van der Waals surface area (Å²) >= 11 is 0. The van der Waals surface area contributed by atoms with Gasteiger partial charge in [-0.15, -0.1) is 0 Å². The molecule has 5 heteroatoms. The van der Waals surface area contributed by atoms with Gasteiger partial charge in [-0.1, -0.05) is 13.8 Å². The molecule has 0 radical (unpaired) electrons. The van der Waals surface area contributed by atoms with Gasteiger partial charge in [0.15, 0.2) is 0 Å². The van der Waals surface area contributed by atoms with E-state index in [9.17, 15) is 4.79 Å². The molecule has 0 aliphatic carbocycles. The van der Waals surface area contributed by atoms with Gasteiger partial charge in [0.1, 0.15) is 0 Å². The van der Waals surface area contributed by atoms with Crippen molar-refractivity contribution in [1.29, 1.82) is 0 Å². The quantitative estimate of drug-likeness (QED) is 0.923. The molecule has 1 aromatic heterocycles. The van der Waals surface area contributed by atoms with Crippen LogP contribution in [0.3, 0.4) is 0 Å². The van der Waals surface area contributed by atoms with Crippen LogP contribution in [0, 0.1) is 11.8 Å². The van der Waals surface area contributed by atoms with Crippen LogP contribution in [0.1, 0.15) is 44.8 Å². The highest BCUT2D eigenvalue weighted by atomic mass is 16.2. The van der Waals surface area contributed by atoms with Crippen LogP contribution in [0.25, 0.3) is 0 Å². The van der Waals surface area contributed by atoms with E-state index in [1.165, 1.54) is 12.1 Å². The van der Waals surface area contributed by atoms with Crippen molar-refractivity contribution in [3.8, 4) is 0 Å². The first-order valence-electron chi connectivity index (χ1n) is 8.16. The second-order valence-corrected chi connectivity index (χ2v) is 6.80. The Morgan fingerprint density at radius 3 is 2.90 bits per heavy atom. The molecule has 1 amide bonds. The summed E-state index contributed by atoms with van der Waals surface area (Å²) < 4.78 is 2.05. The van der Waals surface area contributed by atoms with Gasteiger partial charge < -0.3 is 10.2 Å². The first kappa shape index (κ1) is 14.6. The van der Waals surface area contributed by atoms with E-state index >= 15 is 0 Å². The minimum Gasteiger partial charge on any atom is -0.341 e. The van der Waals surface area contributed by atoms with Crippen molar-refractivity contribution >= 4 is 5.91 Å². The van der Waals surface area contributed by atoms with E-state index in [1.807, 2.05) is 11.1 Å².